The lowest BCUT2D eigenvalue weighted by atomic mass is 10.2. The van der Waals surface area contributed by atoms with Crippen molar-refractivity contribution in [2.24, 2.45) is 0 Å². The van der Waals surface area contributed by atoms with Crippen LogP contribution in [0.4, 0.5) is 13.2 Å². The zero-order valence-electron chi connectivity index (χ0n) is 8.33. The molecule has 0 fully saturated rings. The van der Waals surface area contributed by atoms with Crippen molar-refractivity contribution < 1.29 is 23.1 Å². The fraction of sp³-hybridized carbons (Fsp3) is 0.333. The summed E-state index contributed by atoms with van der Waals surface area (Å²) >= 11 is 5.55. The average molecular weight is 269 g/mol. The molecule has 0 bridgehead atoms. The number of hydrogen-bond acceptors (Lipinski definition) is 3. The molecule has 8 heteroatoms. The fourth-order valence-corrected chi connectivity index (χ4v) is 1.16. The van der Waals surface area contributed by atoms with Crippen LogP contribution in [0.3, 0.4) is 0 Å². The molecule has 1 amide bonds. The van der Waals surface area contributed by atoms with Gasteiger partial charge >= 0.3 is 12.1 Å². The molecule has 1 heterocycles. The van der Waals surface area contributed by atoms with Crippen molar-refractivity contribution in [3.8, 4) is 0 Å². The first-order valence-electron chi connectivity index (χ1n) is 4.44. The topological polar surface area (TPSA) is 62.2 Å². The van der Waals surface area contributed by atoms with Crippen LogP contribution in [0.1, 0.15) is 11.7 Å². The summed E-state index contributed by atoms with van der Waals surface area (Å²) in [5.74, 6) is -2.13. The molecule has 0 saturated heterocycles. The van der Waals surface area contributed by atoms with Gasteiger partial charge in [0, 0.05) is 6.20 Å². The van der Waals surface area contributed by atoms with Crippen molar-refractivity contribution in [2.75, 3.05) is 6.61 Å². The molecule has 0 saturated carbocycles. The lowest BCUT2D eigenvalue weighted by Crippen LogP contribution is -2.40. The van der Waals surface area contributed by atoms with Gasteiger partial charge in [0.05, 0.1) is 23.4 Å². The van der Waals surface area contributed by atoms with E-state index in [1.165, 1.54) is 18.3 Å². The largest absolute Gasteiger partial charge is 0.471 e. The first kappa shape index (κ1) is 13.7. The van der Waals surface area contributed by atoms with Crippen LogP contribution in [0.25, 0.3) is 0 Å². The third kappa shape index (κ3) is 3.86. The van der Waals surface area contributed by atoms with E-state index >= 15 is 0 Å². The standard InChI is InChI=1S/C9H8ClF3N2O2/c10-5-1-2-6(14-3-5)7(4-16)15-8(17)9(11,12)13/h1-3,7,16H,4H2,(H,15,17). The van der Waals surface area contributed by atoms with Gasteiger partial charge in [-0.2, -0.15) is 13.2 Å². The Kier molecular flexibility index (Phi) is 4.30. The third-order valence-electron chi connectivity index (χ3n) is 1.85. The number of aliphatic hydroxyl groups excluding tert-OH is 1. The molecule has 0 aliphatic carbocycles. The van der Waals surface area contributed by atoms with E-state index in [9.17, 15) is 18.0 Å². The lowest BCUT2D eigenvalue weighted by molar-refractivity contribution is -0.174. The van der Waals surface area contributed by atoms with Crippen LogP contribution in [-0.2, 0) is 4.79 Å². The number of amides is 1. The molecule has 0 aliphatic heterocycles. The molecule has 1 aromatic rings. The van der Waals surface area contributed by atoms with Crippen LogP contribution in [-0.4, -0.2) is 28.8 Å². The molecule has 2 N–H and O–H groups in total. The molecule has 4 nitrogen and oxygen atoms in total. The van der Waals surface area contributed by atoms with Crippen molar-refractivity contribution in [1.82, 2.24) is 10.3 Å². The molecule has 0 aromatic carbocycles. The summed E-state index contributed by atoms with van der Waals surface area (Å²) in [6, 6.07) is 1.49. The van der Waals surface area contributed by atoms with Gasteiger partial charge in [0.25, 0.3) is 0 Å². The Morgan fingerprint density at radius 1 is 1.53 bits per heavy atom. The van der Waals surface area contributed by atoms with E-state index in [-0.39, 0.29) is 5.69 Å². The van der Waals surface area contributed by atoms with Gasteiger partial charge in [0.2, 0.25) is 0 Å². The Morgan fingerprint density at radius 3 is 2.59 bits per heavy atom. The first-order valence-corrected chi connectivity index (χ1v) is 4.82. The number of hydrogen-bond donors (Lipinski definition) is 2. The van der Waals surface area contributed by atoms with Gasteiger partial charge in [-0.1, -0.05) is 11.6 Å². The number of carbonyl (C=O) groups is 1. The van der Waals surface area contributed by atoms with E-state index in [1.54, 1.807) is 5.32 Å². The number of alkyl halides is 3. The zero-order chi connectivity index (χ0) is 13.1. The number of carbonyl (C=O) groups excluding carboxylic acids is 1. The Hall–Kier alpha value is -1.34. The van der Waals surface area contributed by atoms with Crippen LogP contribution >= 0.6 is 11.6 Å². The molecule has 0 spiro atoms. The van der Waals surface area contributed by atoms with E-state index in [0.717, 1.165) is 0 Å². The van der Waals surface area contributed by atoms with Gasteiger partial charge in [0.15, 0.2) is 0 Å². The Bertz CT molecular complexity index is 394. The third-order valence-corrected chi connectivity index (χ3v) is 2.08. The lowest BCUT2D eigenvalue weighted by Gasteiger charge is -2.16. The molecule has 1 atom stereocenters. The van der Waals surface area contributed by atoms with Gasteiger partial charge in [-0.15, -0.1) is 0 Å². The van der Waals surface area contributed by atoms with E-state index in [1.807, 2.05) is 0 Å². The first-order chi connectivity index (χ1) is 7.84. The normalized spacial score (nSPS) is 13.2. The molecule has 0 aliphatic rings. The molecule has 17 heavy (non-hydrogen) atoms. The molecular formula is C9H8ClF3N2O2. The highest BCUT2D eigenvalue weighted by Crippen LogP contribution is 2.18. The highest BCUT2D eigenvalue weighted by Gasteiger charge is 2.39. The second-order valence-electron chi connectivity index (χ2n) is 3.11. The van der Waals surface area contributed by atoms with Crippen molar-refractivity contribution in [2.45, 2.75) is 12.2 Å². The van der Waals surface area contributed by atoms with Gasteiger partial charge in [0.1, 0.15) is 0 Å². The SMILES string of the molecule is O=C(NC(CO)c1ccc(Cl)cn1)C(F)(F)F. The van der Waals surface area contributed by atoms with Gasteiger partial charge < -0.3 is 10.4 Å². The van der Waals surface area contributed by atoms with Crippen LogP contribution in [0.2, 0.25) is 5.02 Å². The van der Waals surface area contributed by atoms with Crippen molar-refractivity contribution in [1.29, 1.82) is 0 Å². The predicted octanol–water partition coefficient (Wildman–Crippen LogP) is 1.45. The van der Waals surface area contributed by atoms with Gasteiger partial charge in [-0.05, 0) is 12.1 Å². The molecule has 0 radical (unpaired) electrons. The molecular weight excluding hydrogens is 261 g/mol. The molecule has 1 aromatic heterocycles. The highest BCUT2D eigenvalue weighted by atomic mass is 35.5. The van der Waals surface area contributed by atoms with E-state index in [0.29, 0.717) is 5.02 Å². The number of pyridine rings is 1. The minimum absolute atomic E-state index is 0.0921. The summed E-state index contributed by atoms with van der Waals surface area (Å²) < 4.78 is 36.0. The fourth-order valence-electron chi connectivity index (χ4n) is 1.05. The summed E-state index contributed by atoms with van der Waals surface area (Å²) in [5, 5.41) is 10.8. The minimum Gasteiger partial charge on any atom is -0.394 e. The van der Waals surface area contributed by atoms with Gasteiger partial charge in [-0.25, -0.2) is 0 Å². The highest BCUT2D eigenvalue weighted by molar-refractivity contribution is 6.30. The van der Waals surface area contributed by atoms with Crippen molar-refractivity contribution >= 4 is 17.5 Å². The van der Waals surface area contributed by atoms with E-state index in [4.69, 9.17) is 16.7 Å². The number of halogens is 4. The van der Waals surface area contributed by atoms with Crippen molar-refractivity contribution in [3.63, 3.8) is 0 Å². The van der Waals surface area contributed by atoms with Crippen LogP contribution in [0.5, 0.6) is 0 Å². The summed E-state index contributed by atoms with van der Waals surface area (Å²) in [5.41, 5.74) is 0.0921. The monoisotopic (exact) mass is 268 g/mol. The van der Waals surface area contributed by atoms with Crippen LogP contribution in [0, 0.1) is 0 Å². The zero-order valence-corrected chi connectivity index (χ0v) is 9.09. The summed E-state index contributed by atoms with van der Waals surface area (Å²) in [4.78, 5) is 14.4. The number of nitrogens with one attached hydrogen (secondary N) is 1. The summed E-state index contributed by atoms with van der Waals surface area (Å²) in [6.07, 6.45) is -3.79. The Balaban J connectivity index is 2.79. The maximum absolute atomic E-state index is 12.0. The summed E-state index contributed by atoms with van der Waals surface area (Å²) in [7, 11) is 0. The smallest absolute Gasteiger partial charge is 0.394 e. The second-order valence-corrected chi connectivity index (χ2v) is 3.54. The Labute approximate surface area is 99.4 Å². The number of rotatable bonds is 3. The van der Waals surface area contributed by atoms with E-state index in [2.05, 4.69) is 4.98 Å². The average Bonchev–Trinajstić information content (AvgIpc) is 2.25. The second kappa shape index (κ2) is 5.33. The molecule has 94 valence electrons. The quantitative estimate of drug-likeness (QED) is 0.872. The van der Waals surface area contributed by atoms with Crippen molar-refractivity contribution in [3.05, 3.63) is 29.0 Å². The maximum atomic E-state index is 12.0. The number of nitrogens with zero attached hydrogens (tertiary/aromatic N) is 1. The van der Waals surface area contributed by atoms with E-state index < -0.39 is 24.7 Å². The maximum Gasteiger partial charge on any atom is 0.471 e. The number of aromatic nitrogens is 1. The molecule has 1 rings (SSSR count). The minimum atomic E-state index is -5.00. The predicted molar refractivity (Wildman–Crippen MR) is 53.3 cm³/mol. The van der Waals surface area contributed by atoms with Gasteiger partial charge in [-0.3, -0.25) is 9.78 Å². The summed E-state index contributed by atoms with van der Waals surface area (Å²) in [6.45, 7) is -0.698. The molecule has 1 unspecified atom stereocenters. The van der Waals surface area contributed by atoms with Crippen LogP contribution in [0.15, 0.2) is 18.3 Å². The van der Waals surface area contributed by atoms with Crippen LogP contribution < -0.4 is 5.32 Å². The number of aliphatic hydroxyl groups is 1. The Morgan fingerprint density at radius 2 is 2.18 bits per heavy atom.